The number of likely N-dealkylation sites (N-methyl/N-ethyl adjacent to an activating group) is 1. The number of benzene rings is 1. The van der Waals surface area contributed by atoms with Gasteiger partial charge in [-0.05, 0) is 31.0 Å². The van der Waals surface area contributed by atoms with E-state index in [1.54, 1.807) is 0 Å². The van der Waals surface area contributed by atoms with Gasteiger partial charge < -0.3 is 14.7 Å². The number of carboxylic acid groups (broad SMARTS) is 1. The Bertz CT molecular complexity index is 684. The van der Waals surface area contributed by atoms with Crippen molar-refractivity contribution in [2.45, 2.75) is 96.8 Å². The molecular formula is C27H46NO4+. The van der Waals surface area contributed by atoms with Crippen LogP contribution in [-0.2, 0) is 0 Å². The Kier molecular flexibility index (Phi) is 13.9. The summed E-state index contributed by atoms with van der Waals surface area (Å²) in [4.78, 5) is 23.8. The normalized spacial score (nSPS) is 11.6. The number of phenols is 1. The van der Waals surface area contributed by atoms with Crippen molar-refractivity contribution < 1.29 is 24.3 Å². The third-order valence-corrected chi connectivity index (χ3v) is 6.24. The van der Waals surface area contributed by atoms with Crippen LogP contribution < -0.4 is 0 Å². The lowest BCUT2D eigenvalue weighted by molar-refractivity contribution is -0.882. The highest BCUT2D eigenvalue weighted by Crippen LogP contribution is 2.20. The fraction of sp³-hybridized carbons (Fsp3) is 0.704. The highest BCUT2D eigenvalue weighted by Gasteiger charge is 2.22. The van der Waals surface area contributed by atoms with Crippen LogP contribution in [0.2, 0.25) is 0 Å². The molecule has 0 spiro atoms. The number of unbranched alkanes of at least 4 members (excludes halogenated alkanes) is 13. The van der Waals surface area contributed by atoms with E-state index >= 15 is 0 Å². The number of aromatic hydroxyl groups is 1. The average molecular weight is 449 g/mol. The first-order chi connectivity index (χ1) is 15.3. The van der Waals surface area contributed by atoms with Crippen LogP contribution in [-0.4, -0.2) is 53.6 Å². The Morgan fingerprint density at radius 2 is 1.25 bits per heavy atom. The number of carbonyl (C=O) groups is 2. The van der Waals surface area contributed by atoms with Crippen molar-refractivity contribution >= 4 is 11.8 Å². The third kappa shape index (κ3) is 12.2. The predicted molar refractivity (Wildman–Crippen MR) is 132 cm³/mol. The quantitative estimate of drug-likeness (QED) is 0.138. The van der Waals surface area contributed by atoms with E-state index in [2.05, 4.69) is 6.92 Å². The molecule has 0 fully saturated rings. The second kappa shape index (κ2) is 15.8. The number of nitrogens with zero attached hydrogens (tertiary/aromatic N) is 1. The van der Waals surface area contributed by atoms with Gasteiger partial charge in [0.25, 0.3) is 0 Å². The molecule has 0 radical (unpaired) electrons. The summed E-state index contributed by atoms with van der Waals surface area (Å²) in [6.45, 7) is 3.51. The van der Waals surface area contributed by atoms with E-state index in [0.717, 1.165) is 13.0 Å². The van der Waals surface area contributed by atoms with Crippen LogP contribution in [0.5, 0.6) is 5.75 Å². The molecule has 182 valence electrons. The van der Waals surface area contributed by atoms with Crippen LogP contribution in [0.15, 0.2) is 18.2 Å². The molecule has 0 amide bonds. The molecule has 1 rings (SSSR count). The Hall–Kier alpha value is -1.88. The number of rotatable bonds is 19. The summed E-state index contributed by atoms with van der Waals surface area (Å²) in [5.74, 6) is -1.64. The molecule has 5 heteroatoms. The summed E-state index contributed by atoms with van der Waals surface area (Å²) in [5, 5.41) is 18.7. The lowest BCUT2D eigenvalue weighted by atomic mass is 10.0. The maximum Gasteiger partial charge on any atom is 0.339 e. The molecule has 0 atom stereocenters. The second-order valence-electron chi connectivity index (χ2n) is 9.87. The predicted octanol–water partition coefficient (Wildman–Crippen LogP) is 6.83. The molecule has 0 aliphatic heterocycles. The molecule has 0 aliphatic rings. The van der Waals surface area contributed by atoms with Crippen LogP contribution in [0.4, 0.5) is 0 Å². The van der Waals surface area contributed by atoms with Gasteiger partial charge in [-0.1, -0.05) is 84.0 Å². The van der Waals surface area contributed by atoms with Crippen LogP contribution in [0.25, 0.3) is 0 Å². The number of hydrogen-bond acceptors (Lipinski definition) is 3. The molecule has 0 unspecified atom stereocenters. The maximum atomic E-state index is 12.6. The summed E-state index contributed by atoms with van der Waals surface area (Å²) in [6.07, 6.45) is 18.6. The first kappa shape index (κ1) is 28.2. The molecule has 0 saturated carbocycles. The summed E-state index contributed by atoms with van der Waals surface area (Å²) < 4.78 is 0.584. The highest BCUT2D eigenvalue weighted by molar-refractivity contribution is 6.00. The molecule has 0 heterocycles. The molecule has 0 aromatic heterocycles. The Balaban J connectivity index is 2.13. The first-order valence-corrected chi connectivity index (χ1v) is 12.7. The number of carbonyl (C=O) groups excluding carboxylic acids is 1. The van der Waals surface area contributed by atoms with Gasteiger partial charge in [-0.25, -0.2) is 4.79 Å². The number of ketones is 1. The van der Waals surface area contributed by atoms with Gasteiger partial charge in [0.15, 0.2) is 0 Å². The minimum absolute atomic E-state index is 0.0946. The van der Waals surface area contributed by atoms with Crippen molar-refractivity contribution in [2.75, 3.05) is 27.2 Å². The van der Waals surface area contributed by atoms with Crippen molar-refractivity contribution in [1.29, 1.82) is 0 Å². The van der Waals surface area contributed by atoms with E-state index in [0.29, 0.717) is 16.6 Å². The van der Waals surface area contributed by atoms with Gasteiger partial charge >= 0.3 is 5.97 Å². The van der Waals surface area contributed by atoms with Crippen LogP contribution in [0.1, 0.15) is 118 Å². The minimum atomic E-state index is -1.23. The Labute approximate surface area is 195 Å². The Morgan fingerprint density at radius 1 is 0.781 bits per heavy atom. The topological polar surface area (TPSA) is 74.6 Å². The van der Waals surface area contributed by atoms with Crippen molar-refractivity contribution in [3.63, 3.8) is 0 Å². The lowest BCUT2D eigenvalue weighted by Gasteiger charge is -2.29. The SMILES string of the molecule is CCCCCCCCCCCCCCCC[N+](C)(C)CC(=O)c1ccc(O)c(C(=O)O)c1. The zero-order valence-electron chi connectivity index (χ0n) is 20.7. The zero-order chi connectivity index (χ0) is 23.8. The zero-order valence-corrected chi connectivity index (χ0v) is 20.7. The number of carboxylic acids is 1. The van der Waals surface area contributed by atoms with Crippen molar-refractivity contribution in [1.82, 2.24) is 0 Å². The molecule has 32 heavy (non-hydrogen) atoms. The van der Waals surface area contributed by atoms with E-state index in [-0.39, 0.29) is 17.1 Å². The van der Waals surface area contributed by atoms with Gasteiger partial charge in [0.05, 0.1) is 20.6 Å². The summed E-state index contributed by atoms with van der Waals surface area (Å²) in [5.41, 5.74) is 0.112. The second-order valence-corrected chi connectivity index (χ2v) is 9.87. The molecule has 0 saturated heterocycles. The highest BCUT2D eigenvalue weighted by atomic mass is 16.4. The molecule has 0 bridgehead atoms. The molecule has 5 nitrogen and oxygen atoms in total. The summed E-state index contributed by atoms with van der Waals surface area (Å²) in [6, 6.07) is 4.05. The van der Waals surface area contributed by atoms with Crippen LogP contribution >= 0.6 is 0 Å². The fourth-order valence-corrected chi connectivity index (χ4v) is 4.17. The average Bonchev–Trinajstić information content (AvgIpc) is 2.73. The molecule has 1 aromatic rings. The lowest BCUT2D eigenvalue weighted by Crippen LogP contribution is -2.44. The molecule has 2 N–H and O–H groups in total. The molecular weight excluding hydrogens is 402 g/mol. The Morgan fingerprint density at radius 3 is 1.72 bits per heavy atom. The van der Waals surface area contributed by atoms with Gasteiger partial charge in [0.1, 0.15) is 17.9 Å². The van der Waals surface area contributed by atoms with Gasteiger partial charge in [0, 0.05) is 5.56 Å². The largest absolute Gasteiger partial charge is 0.507 e. The van der Waals surface area contributed by atoms with E-state index < -0.39 is 5.97 Å². The summed E-state index contributed by atoms with van der Waals surface area (Å²) in [7, 11) is 4.08. The van der Waals surface area contributed by atoms with Gasteiger partial charge in [-0.15, -0.1) is 0 Å². The van der Waals surface area contributed by atoms with Crippen molar-refractivity contribution in [3.8, 4) is 5.75 Å². The van der Waals surface area contributed by atoms with Crippen molar-refractivity contribution in [3.05, 3.63) is 29.3 Å². The fourth-order valence-electron chi connectivity index (χ4n) is 4.17. The van der Waals surface area contributed by atoms with Crippen LogP contribution in [0, 0.1) is 0 Å². The van der Waals surface area contributed by atoms with E-state index in [1.807, 2.05) is 14.1 Å². The standard InChI is InChI=1S/C27H45NO4/c1-4-5-6-7-8-9-10-11-12-13-14-15-16-17-20-28(2,3)22-26(30)23-18-19-25(29)24(21-23)27(31)32/h18-19,21H,4-17,20,22H2,1-3H3,(H-,29,30,31,32)/p+1. The first-order valence-electron chi connectivity index (χ1n) is 12.7. The molecule has 1 aromatic carbocycles. The minimum Gasteiger partial charge on any atom is -0.507 e. The van der Waals surface area contributed by atoms with E-state index in [1.165, 1.54) is 102 Å². The smallest absolute Gasteiger partial charge is 0.339 e. The van der Waals surface area contributed by atoms with Crippen LogP contribution in [0.3, 0.4) is 0 Å². The number of hydrogen-bond donors (Lipinski definition) is 2. The van der Waals surface area contributed by atoms with Gasteiger partial charge in [-0.3, -0.25) is 4.79 Å². The summed E-state index contributed by atoms with van der Waals surface area (Å²) >= 11 is 0. The van der Waals surface area contributed by atoms with E-state index in [4.69, 9.17) is 5.11 Å². The van der Waals surface area contributed by atoms with E-state index in [9.17, 15) is 14.7 Å². The number of Topliss-reactive ketones (excluding diaryl/α,β-unsaturated/α-hetero) is 1. The van der Waals surface area contributed by atoms with Gasteiger partial charge in [-0.2, -0.15) is 0 Å². The molecule has 0 aliphatic carbocycles. The number of aromatic carboxylic acids is 1. The van der Waals surface area contributed by atoms with Gasteiger partial charge in [0.2, 0.25) is 5.78 Å². The number of quaternary nitrogens is 1. The monoisotopic (exact) mass is 448 g/mol. The third-order valence-electron chi connectivity index (χ3n) is 6.24. The van der Waals surface area contributed by atoms with Crippen molar-refractivity contribution in [2.24, 2.45) is 0 Å². The maximum absolute atomic E-state index is 12.6.